The highest BCUT2D eigenvalue weighted by molar-refractivity contribution is 7.89. The van der Waals surface area contributed by atoms with Gasteiger partial charge in [-0.1, -0.05) is 23.8 Å². The first-order valence-electron chi connectivity index (χ1n) is 9.44. The highest BCUT2D eigenvalue weighted by atomic mass is 32.2. The molecule has 8 heteroatoms. The van der Waals surface area contributed by atoms with Crippen LogP contribution in [0.4, 0.5) is 8.78 Å². The van der Waals surface area contributed by atoms with Crippen LogP contribution in [0, 0.1) is 24.5 Å². The highest BCUT2D eigenvalue weighted by Gasteiger charge is 2.33. The molecule has 0 aromatic heterocycles. The van der Waals surface area contributed by atoms with Crippen molar-refractivity contribution in [1.82, 2.24) is 9.21 Å². The molecule has 0 radical (unpaired) electrons. The number of carbonyl (C=O) groups excluding carboxylic acids is 1. The zero-order valence-electron chi connectivity index (χ0n) is 16.4. The molecule has 1 fully saturated rings. The van der Waals surface area contributed by atoms with E-state index < -0.39 is 21.7 Å². The lowest BCUT2D eigenvalue weighted by molar-refractivity contribution is -0.136. The number of sulfonamides is 1. The molecule has 0 spiro atoms. The Morgan fingerprint density at radius 1 is 1.10 bits per heavy atom. The normalized spacial score (nSPS) is 16.0. The molecule has 1 aliphatic rings. The van der Waals surface area contributed by atoms with Crippen LogP contribution in [0.25, 0.3) is 0 Å². The van der Waals surface area contributed by atoms with Crippen LogP contribution in [0.15, 0.2) is 47.4 Å². The van der Waals surface area contributed by atoms with Crippen molar-refractivity contribution in [3.63, 3.8) is 0 Å². The van der Waals surface area contributed by atoms with Crippen LogP contribution in [0.5, 0.6) is 0 Å². The van der Waals surface area contributed by atoms with E-state index in [9.17, 15) is 22.0 Å². The van der Waals surface area contributed by atoms with E-state index in [4.69, 9.17) is 0 Å². The molecule has 0 unspecified atom stereocenters. The summed E-state index contributed by atoms with van der Waals surface area (Å²) in [5.41, 5.74) is 1.22. The fraction of sp³-hybridized carbons (Fsp3) is 0.381. The summed E-state index contributed by atoms with van der Waals surface area (Å²) in [4.78, 5) is 14.4. The van der Waals surface area contributed by atoms with Gasteiger partial charge in [-0.15, -0.1) is 0 Å². The summed E-state index contributed by atoms with van der Waals surface area (Å²) >= 11 is 0. The maximum absolute atomic E-state index is 13.8. The third-order valence-electron chi connectivity index (χ3n) is 5.26. The smallest absolute Gasteiger partial charge is 0.243 e. The van der Waals surface area contributed by atoms with Gasteiger partial charge in [-0.25, -0.2) is 17.2 Å². The van der Waals surface area contributed by atoms with Gasteiger partial charge in [-0.05, 0) is 38.0 Å². The number of rotatable bonds is 5. The average Bonchev–Trinajstić information content (AvgIpc) is 2.70. The summed E-state index contributed by atoms with van der Waals surface area (Å²) in [6.07, 6.45) is 0.806. The predicted octanol–water partition coefficient (Wildman–Crippen LogP) is 3.33. The molecule has 29 heavy (non-hydrogen) atoms. The summed E-state index contributed by atoms with van der Waals surface area (Å²) in [5, 5.41) is 0. The Hall–Kier alpha value is -2.32. The number of carbonyl (C=O) groups is 1. The van der Waals surface area contributed by atoms with E-state index in [2.05, 4.69) is 0 Å². The minimum Gasteiger partial charge on any atom is -0.341 e. The van der Waals surface area contributed by atoms with Gasteiger partial charge < -0.3 is 4.90 Å². The molecule has 2 aromatic carbocycles. The van der Waals surface area contributed by atoms with Gasteiger partial charge in [0.2, 0.25) is 15.9 Å². The number of amides is 1. The molecule has 0 bridgehead atoms. The molecule has 1 amide bonds. The van der Waals surface area contributed by atoms with E-state index in [1.54, 1.807) is 31.3 Å². The number of benzene rings is 2. The third kappa shape index (κ3) is 4.82. The second kappa shape index (κ2) is 8.59. The minimum absolute atomic E-state index is 0.0345. The van der Waals surface area contributed by atoms with Gasteiger partial charge in [-0.2, -0.15) is 4.31 Å². The molecule has 3 rings (SSSR count). The maximum Gasteiger partial charge on any atom is 0.243 e. The zero-order chi connectivity index (χ0) is 21.2. The lowest BCUT2D eigenvalue weighted by Crippen LogP contribution is -2.43. The van der Waals surface area contributed by atoms with Crippen LogP contribution in [0.2, 0.25) is 0 Å². The second-order valence-electron chi connectivity index (χ2n) is 7.42. The fourth-order valence-electron chi connectivity index (χ4n) is 3.50. The molecule has 156 valence electrons. The number of hydrogen-bond donors (Lipinski definition) is 0. The number of piperidine rings is 1. The van der Waals surface area contributed by atoms with Crippen LogP contribution < -0.4 is 0 Å². The van der Waals surface area contributed by atoms with Gasteiger partial charge in [0.05, 0.1) is 4.90 Å². The molecule has 0 N–H and O–H groups in total. The van der Waals surface area contributed by atoms with E-state index >= 15 is 0 Å². The molecule has 0 saturated carbocycles. The molecular formula is C21H24F2N2O3S. The molecule has 1 aliphatic heterocycles. The summed E-state index contributed by atoms with van der Waals surface area (Å²) in [7, 11) is -2.01. The Morgan fingerprint density at radius 3 is 2.31 bits per heavy atom. The monoisotopic (exact) mass is 422 g/mol. The molecule has 1 heterocycles. The maximum atomic E-state index is 13.8. The minimum atomic E-state index is -3.58. The van der Waals surface area contributed by atoms with Gasteiger partial charge in [-0.3, -0.25) is 4.79 Å². The number of halogens is 2. The van der Waals surface area contributed by atoms with Gasteiger partial charge in [0.25, 0.3) is 0 Å². The van der Waals surface area contributed by atoms with Crippen molar-refractivity contribution in [2.45, 2.75) is 31.2 Å². The van der Waals surface area contributed by atoms with Crippen LogP contribution in [0.3, 0.4) is 0 Å². The first-order chi connectivity index (χ1) is 13.7. The van der Waals surface area contributed by atoms with E-state index in [0.717, 1.165) is 17.7 Å². The van der Waals surface area contributed by atoms with Crippen molar-refractivity contribution in [2.75, 3.05) is 20.1 Å². The number of nitrogens with zero attached hydrogens (tertiary/aromatic N) is 2. The molecule has 0 atom stereocenters. The lowest BCUT2D eigenvalue weighted by Gasteiger charge is -2.32. The molecule has 0 aliphatic carbocycles. The van der Waals surface area contributed by atoms with E-state index in [0.29, 0.717) is 12.8 Å². The lowest BCUT2D eigenvalue weighted by atomic mass is 9.96. The van der Waals surface area contributed by atoms with Gasteiger partial charge in [0.1, 0.15) is 11.6 Å². The molecule has 5 nitrogen and oxygen atoms in total. The zero-order valence-corrected chi connectivity index (χ0v) is 17.3. The first kappa shape index (κ1) is 21.4. The Kier molecular flexibility index (Phi) is 6.33. The standard InChI is InChI=1S/C21H24F2N2O3S/c1-15-3-7-19(8-4-15)29(27,28)25-11-9-16(10-12-25)21(26)24(2)14-17-5-6-18(22)13-20(17)23/h3-8,13,16H,9-12,14H2,1-2H3. The Balaban J connectivity index is 1.60. The summed E-state index contributed by atoms with van der Waals surface area (Å²) < 4.78 is 53.8. The SMILES string of the molecule is Cc1ccc(S(=O)(=O)N2CCC(C(=O)N(C)Cc3ccc(F)cc3F)CC2)cc1. The van der Waals surface area contributed by atoms with Crippen LogP contribution in [-0.2, 0) is 21.4 Å². The van der Waals surface area contributed by atoms with Gasteiger partial charge in [0.15, 0.2) is 0 Å². The van der Waals surface area contributed by atoms with Crippen molar-refractivity contribution in [3.8, 4) is 0 Å². The molecule has 1 saturated heterocycles. The highest BCUT2D eigenvalue weighted by Crippen LogP contribution is 2.25. The van der Waals surface area contributed by atoms with Crippen LogP contribution >= 0.6 is 0 Å². The topological polar surface area (TPSA) is 57.7 Å². The van der Waals surface area contributed by atoms with Gasteiger partial charge >= 0.3 is 0 Å². The summed E-state index contributed by atoms with van der Waals surface area (Å²) in [5.74, 6) is -1.85. The molecular weight excluding hydrogens is 398 g/mol. The largest absolute Gasteiger partial charge is 0.341 e. The third-order valence-corrected chi connectivity index (χ3v) is 7.17. The van der Waals surface area contributed by atoms with E-state index in [-0.39, 0.29) is 41.9 Å². The number of hydrogen-bond acceptors (Lipinski definition) is 3. The Bertz CT molecular complexity index is 985. The van der Waals surface area contributed by atoms with Crippen molar-refractivity contribution in [3.05, 3.63) is 65.2 Å². The second-order valence-corrected chi connectivity index (χ2v) is 9.36. The van der Waals surface area contributed by atoms with Crippen LogP contribution in [-0.4, -0.2) is 43.7 Å². The Morgan fingerprint density at radius 2 is 1.72 bits per heavy atom. The van der Waals surface area contributed by atoms with Gasteiger partial charge in [0, 0.05) is 44.2 Å². The Labute approximate surface area is 170 Å². The van der Waals surface area contributed by atoms with Crippen molar-refractivity contribution >= 4 is 15.9 Å². The van der Waals surface area contributed by atoms with Crippen molar-refractivity contribution < 1.29 is 22.0 Å². The average molecular weight is 422 g/mol. The van der Waals surface area contributed by atoms with E-state index in [1.807, 2.05) is 6.92 Å². The first-order valence-corrected chi connectivity index (χ1v) is 10.9. The van der Waals surface area contributed by atoms with E-state index in [1.165, 1.54) is 15.3 Å². The van der Waals surface area contributed by atoms with Crippen LogP contribution in [0.1, 0.15) is 24.0 Å². The van der Waals surface area contributed by atoms with Crippen molar-refractivity contribution in [2.24, 2.45) is 5.92 Å². The number of aryl methyl sites for hydroxylation is 1. The predicted molar refractivity (Wildman–Crippen MR) is 105 cm³/mol. The summed E-state index contributed by atoms with van der Waals surface area (Å²) in [6, 6.07) is 9.97. The quantitative estimate of drug-likeness (QED) is 0.743. The van der Waals surface area contributed by atoms with Crippen molar-refractivity contribution in [1.29, 1.82) is 0 Å². The fourth-order valence-corrected chi connectivity index (χ4v) is 4.97. The summed E-state index contributed by atoms with van der Waals surface area (Å²) in [6.45, 7) is 2.44. The molecule has 2 aromatic rings.